The molecule has 2 aromatic carbocycles. The molecular weight excluding hydrogens is 452 g/mol. The molecule has 0 spiro atoms. The van der Waals surface area contributed by atoms with Crippen molar-refractivity contribution in [3.05, 3.63) is 89.8 Å². The maximum absolute atomic E-state index is 13.7. The van der Waals surface area contributed by atoms with Gasteiger partial charge in [-0.05, 0) is 67.9 Å². The van der Waals surface area contributed by atoms with Crippen LogP contribution in [-0.2, 0) is 4.79 Å². The predicted molar refractivity (Wildman–Crippen MR) is 128 cm³/mol. The molecule has 1 aliphatic heterocycles. The number of hydrogen-bond donors (Lipinski definition) is 1. The highest BCUT2D eigenvalue weighted by Gasteiger charge is 2.28. The molecule has 0 aliphatic carbocycles. The van der Waals surface area contributed by atoms with Gasteiger partial charge in [-0.1, -0.05) is 18.2 Å². The standard InChI is InChI=1S/C27H29F2N3O3/c1-34-22-6-4-5-20(17-22)26(24-7-2-3-12-30-24)31-27(33)19-10-13-32(14-11-19)15-16-35-25-9-8-21(28)18-23(25)29/h2-9,12,17-19,26H,10-11,13-16H2,1H3,(H,31,33)/t26-/m0/s1. The van der Waals surface area contributed by atoms with Gasteiger partial charge in [-0.3, -0.25) is 14.7 Å². The second-order valence-corrected chi connectivity index (χ2v) is 8.51. The second-order valence-electron chi connectivity index (χ2n) is 8.51. The van der Waals surface area contributed by atoms with E-state index >= 15 is 0 Å². The van der Waals surface area contributed by atoms with Crippen LogP contribution in [0.3, 0.4) is 0 Å². The number of amides is 1. The molecule has 1 saturated heterocycles. The first-order valence-electron chi connectivity index (χ1n) is 11.7. The van der Waals surface area contributed by atoms with Crippen LogP contribution in [0.2, 0.25) is 0 Å². The number of aromatic nitrogens is 1. The molecule has 3 aromatic rings. The fourth-order valence-electron chi connectivity index (χ4n) is 4.25. The summed E-state index contributed by atoms with van der Waals surface area (Å²) in [7, 11) is 1.61. The third kappa shape index (κ3) is 6.54. The van der Waals surface area contributed by atoms with Gasteiger partial charge in [0.25, 0.3) is 0 Å². The molecule has 0 unspecified atom stereocenters. The van der Waals surface area contributed by atoms with Crippen molar-refractivity contribution < 1.29 is 23.0 Å². The van der Waals surface area contributed by atoms with Crippen LogP contribution < -0.4 is 14.8 Å². The van der Waals surface area contributed by atoms with Crippen LogP contribution in [0, 0.1) is 17.6 Å². The Balaban J connectivity index is 1.31. The van der Waals surface area contributed by atoms with E-state index in [0.717, 1.165) is 30.4 Å². The van der Waals surface area contributed by atoms with E-state index in [9.17, 15) is 13.6 Å². The number of pyridine rings is 1. The van der Waals surface area contributed by atoms with Gasteiger partial charge in [-0.15, -0.1) is 0 Å². The molecule has 2 heterocycles. The van der Waals surface area contributed by atoms with Crippen molar-refractivity contribution in [2.75, 3.05) is 33.4 Å². The van der Waals surface area contributed by atoms with Gasteiger partial charge >= 0.3 is 0 Å². The largest absolute Gasteiger partial charge is 0.497 e. The van der Waals surface area contributed by atoms with Crippen molar-refractivity contribution in [3.8, 4) is 11.5 Å². The molecule has 8 heteroatoms. The molecule has 0 bridgehead atoms. The molecule has 0 saturated carbocycles. The van der Waals surface area contributed by atoms with Gasteiger partial charge in [0, 0.05) is 24.7 Å². The zero-order chi connectivity index (χ0) is 24.6. The third-order valence-corrected chi connectivity index (χ3v) is 6.21. The van der Waals surface area contributed by atoms with E-state index in [-0.39, 0.29) is 30.2 Å². The molecule has 1 aromatic heterocycles. The quantitative estimate of drug-likeness (QED) is 0.492. The first-order valence-corrected chi connectivity index (χ1v) is 11.7. The molecule has 1 N–H and O–H groups in total. The summed E-state index contributed by atoms with van der Waals surface area (Å²) in [6.07, 6.45) is 3.14. The summed E-state index contributed by atoms with van der Waals surface area (Å²) in [5.41, 5.74) is 1.66. The lowest BCUT2D eigenvalue weighted by Crippen LogP contribution is -2.43. The zero-order valence-corrected chi connectivity index (χ0v) is 19.6. The normalized spacial score (nSPS) is 15.4. The minimum Gasteiger partial charge on any atom is -0.497 e. The summed E-state index contributed by atoms with van der Waals surface area (Å²) in [5.74, 6) is -0.704. The number of carbonyl (C=O) groups is 1. The monoisotopic (exact) mass is 481 g/mol. The topological polar surface area (TPSA) is 63.7 Å². The van der Waals surface area contributed by atoms with E-state index < -0.39 is 11.6 Å². The summed E-state index contributed by atoms with van der Waals surface area (Å²) < 4.78 is 37.6. The van der Waals surface area contributed by atoms with Crippen LogP contribution in [0.5, 0.6) is 11.5 Å². The average molecular weight is 482 g/mol. The van der Waals surface area contributed by atoms with Gasteiger partial charge in [0.1, 0.15) is 18.2 Å². The van der Waals surface area contributed by atoms with Crippen molar-refractivity contribution in [3.63, 3.8) is 0 Å². The fourth-order valence-corrected chi connectivity index (χ4v) is 4.25. The Kier molecular flexibility index (Phi) is 8.26. The molecule has 0 radical (unpaired) electrons. The van der Waals surface area contributed by atoms with E-state index in [1.54, 1.807) is 13.3 Å². The molecule has 1 atom stereocenters. The van der Waals surface area contributed by atoms with Crippen LogP contribution in [0.25, 0.3) is 0 Å². The van der Waals surface area contributed by atoms with Crippen LogP contribution in [0.15, 0.2) is 66.9 Å². The Morgan fingerprint density at radius 2 is 1.94 bits per heavy atom. The Labute approximate surface area is 203 Å². The molecular formula is C27H29F2N3O3. The maximum atomic E-state index is 13.7. The van der Waals surface area contributed by atoms with Gasteiger partial charge in [0.05, 0.1) is 18.8 Å². The van der Waals surface area contributed by atoms with Crippen LogP contribution in [-0.4, -0.2) is 49.1 Å². The smallest absolute Gasteiger partial charge is 0.224 e. The molecule has 4 rings (SSSR count). The highest BCUT2D eigenvalue weighted by Crippen LogP contribution is 2.26. The number of nitrogens with zero attached hydrogens (tertiary/aromatic N) is 2. The Morgan fingerprint density at radius 1 is 1.11 bits per heavy atom. The van der Waals surface area contributed by atoms with E-state index in [0.29, 0.717) is 25.1 Å². The van der Waals surface area contributed by atoms with Crippen LogP contribution in [0.4, 0.5) is 8.78 Å². The van der Waals surface area contributed by atoms with E-state index in [1.807, 2.05) is 42.5 Å². The first-order chi connectivity index (χ1) is 17.0. The summed E-state index contributed by atoms with van der Waals surface area (Å²) in [6, 6.07) is 16.2. The van der Waals surface area contributed by atoms with Crippen molar-refractivity contribution in [2.24, 2.45) is 5.92 Å². The maximum Gasteiger partial charge on any atom is 0.224 e. The van der Waals surface area contributed by atoms with Gasteiger partial charge in [0.15, 0.2) is 11.6 Å². The number of likely N-dealkylation sites (tertiary alicyclic amines) is 1. The molecule has 35 heavy (non-hydrogen) atoms. The number of hydrogen-bond acceptors (Lipinski definition) is 5. The summed E-state index contributed by atoms with van der Waals surface area (Å²) >= 11 is 0. The SMILES string of the molecule is COc1cccc([C@H](NC(=O)C2CCN(CCOc3ccc(F)cc3F)CC2)c2ccccn2)c1. The number of halogens is 2. The van der Waals surface area contributed by atoms with Crippen LogP contribution >= 0.6 is 0 Å². The lowest BCUT2D eigenvalue weighted by atomic mass is 9.94. The Hall–Kier alpha value is -3.52. The molecule has 1 amide bonds. The van der Waals surface area contributed by atoms with Crippen LogP contribution in [0.1, 0.15) is 30.1 Å². The van der Waals surface area contributed by atoms with Crippen molar-refractivity contribution in [2.45, 2.75) is 18.9 Å². The lowest BCUT2D eigenvalue weighted by Gasteiger charge is -2.32. The number of benzene rings is 2. The number of nitrogens with one attached hydrogen (secondary N) is 1. The summed E-state index contributed by atoms with van der Waals surface area (Å²) in [4.78, 5) is 19.8. The number of methoxy groups -OCH3 is 1. The molecule has 6 nitrogen and oxygen atoms in total. The van der Waals surface area contributed by atoms with E-state index in [4.69, 9.17) is 9.47 Å². The zero-order valence-electron chi connectivity index (χ0n) is 19.6. The van der Waals surface area contributed by atoms with Crippen molar-refractivity contribution in [1.29, 1.82) is 0 Å². The summed E-state index contributed by atoms with van der Waals surface area (Å²) in [6.45, 7) is 2.37. The number of carbonyl (C=O) groups excluding carboxylic acids is 1. The van der Waals surface area contributed by atoms with Crippen molar-refractivity contribution in [1.82, 2.24) is 15.2 Å². The van der Waals surface area contributed by atoms with Gasteiger partial charge < -0.3 is 14.8 Å². The van der Waals surface area contributed by atoms with E-state index in [2.05, 4.69) is 15.2 Å². The Bertz CT molecular complexity index is 1120. The first kappa shape index (κ1) is 24.6. The number of piperidine rings is 1. The van der Waals surface area contributed by atoms with Gasteiger partial charge in [-0.2, -0.15) is 0 Å². The number of ether oxygens (including phenoxy) is 2. The summed E-state index contributed by atoms with van der Waals surface area (Å²) in [5, 5.41) is 3.19. The minimum absolute atomic E-state index is 0.00671. The highest BCUT2D eigenvalue weighted by atomic mass is 19.1. The minimum atomic E-state index is -0.709. The third-order valence-electron chi connectivity index (χ3n) is 6.21. The lowest BCUT2D eigenvalue weighted by molar-refractivity contribution is -0.127. The fraction of sp³-hybridized carbons (Fsp3) is 0.333. The predicted octanol–water partition coefficient (Wildman–Crippen LogP) is 4.37. The molecule has 184 valence electrons. The Morgan fingerprint density at radius 3 is 2.66 bits per heavy atom. The second kappa shape index (κ2) is 11.8. The highest BCUT2D eigenvalue weighted by molar-refractivity contribution is 5.79. The molecule has 1 fully saturated rings. The number of rotatable bonds is 9. The molecule has 1 aliphatic rings. The van der Waals surface area contributed by atoms with Gasteiger partial charge in [0.2, 0.25) is 5.91 Å². The van der Waals surface area contributed by atoms with Gasteiger partial charge in [-0.25, -0.2) is 8.78 Å². The van der Waals surface area contributed by atoms with Crippen molar-refractivity contribution >= 4 is 5.91 Å². The van der Waals surface area contributed by atoms with E-state index in [1.165, 1.54) is 12.1 Å². The average Bonchev–Trinajstić information content (AvgIpc) is 2.89.